The summed E-state index contributed by atoms with van der Waals surface area (Å²) in [6.45, 7) is 1.65. The summed E-state index contributed by atoms with van der Waals surface area (Å²) in [4.78, 5) is 35.7. The van der Waals surface area contributed by atoms with Crippen molar-refractivity contribution in [2.75, 3.05) is 0 Å². The van der Waals surface area contributed by atoms with Gasteiger partial charge in [-0.15, -0.1) is 0 Å². The highest BCUT2D eigenvalue weighted by atomic mass is 31.2. The van der Waals surface area contributed by atoms with Crippen molar-refractivity contribution in [3.05, 3.63) is 0 Å². The fourth-order valence-electron chi connectivity index (χ4n) is 1.91. The van der Waals surface area contributed by atoms with Crippen LogP contribution in [0.3, 0.4) is 0 Å². The minimum atomic E-state index is -5.29. The highest BCUT2D eigenvalue weighted by Gasteiger charge is 2.62. The zero-order chi connectivity index (χ0) is 12.8. The van der Waals surface area contributed by atoms with E-state index >= 15 is 0 Å². The summed E-state index contributed by atoms with van der Waals surface area (Å²) in [5.41, 5.74) is -0.614. The highest BCUT2D eigenvalue weighted by molar-refractivity contribution is 7.72. The minimum absolute atomic E-state index is 0.589. The van der Waals surface area contributed by atoms with Crippen molar-refractivity contribution < 1.29 is 33.8 Å². The van der Waals surface area contributed by atoms with Crippen LogP contribution in [-0.4, -0.2) is 29.8 Å². The fraction of sp³-hybridized carbons (Fsp3) is 1.00. The number of rotatable bonds is 4. The maximum atomic E-state index is 11.1. The Balaban J connectivity index is 3.07. The van der Waals surface area contributed by atoms with Crippen LogP contribution in [-0.2, 0) is 9.13 Å². The molecule has 0 spiro atoms. The molecule has 0 aromatic rings. The molecule has 0 heterocycles. The second kappa shape index (κ2) is 3.89. The summed E-state index contributed by atoms with van der Waals surface area (Å²) in [6.07, 6.45) is 1.42. The monoisotopic (exact) mass is 274 g/mol. The second-order valence-corrected chi connectivity index (χ2v) is 8.71. The molecule has 0 amide bonds. The first-order chi connectivity index (χ1) is 6.91. The zero-order valence-corrected chi connectivity index (χ0v) is 10.6. The van der Waals surface area contributed by atoms with E-state index < -0.39 is 32.1 Å². The molecule has 0 aliphatic heterocycles. The van der Waals surface area contributed by atoms with Crippen molar-refractivity contribution in [1.29, 1.82) is 0 Å². The molecule has 5 N–H and O–H groups in total. The lowest BCUT2D eigenvalue weighted by Gasteiger charge is -2.43. The Bertz CT molecular complexity index is 341. The van der Waals surface area contributed by atoms with Gasteiger partial charge in [0, 0.05) is 6.42 Å². The largest absolute Gasteiger partial charge is 0.369 e. The lowest BCUT2D eigenvalue weighted by atomic mass is 9.68. The maximum absolute atomic E-state index is 11.1. The van der Waals surface area contributed by atoms with Gasteiger partial charge in [0.1, 0.15) is 0 Å². The van der Waals surface area contributed by atoms with Crippen molar-refractivity contribution >= 4 is 15.2 Å². The quantitative estimate of drug-likeness (QED) is 0.473. The molecule has 1 aliphatic rings. The van der Waals surface area contributed by atoms with Crippen LogP contribution in [0, 0.1) is 5.41 Å². The molecule has 0 bridgehead atoms. The van der Waals surface area contributed by atoms with Crippen LogP contribution in [0.25, 0.3) is 0 Å². The van der Waals surface area contributed by atoms with Gasteiger partial charge in [0.2, 0.25) is 0 Å². The molecule has 96 valence electrons. The normalized spacial score (nSPS) is 21.6. The van der Waals surface area contributed by atoms with Crippen LogP contribution in [0.5, 0.6) is 0 Å². The van der Waals surface area contributed by atoms with Gasteiger partial charge >= 0.3 is 15.2 Å². The van der Waals surface area contributed by atoms with E-state index in [0.717, 1.165) is 6.42 Å². The van der Waals surface area contributed by atoms with E-state index in [2.05, 4.69) is 0 Å². The van der Waals surface area contributed by atoms with Crippen LogP contribution in [0.2, 0.25) is 0 Å². The predicted octanol–water partition coefficient (Wildman–Crippen LogP) is 0.568. The van der Waals surface area contributed by atoms with Crippen LogP contribution >= 0.6 is 15.2 Å². The molecule has 1 saturated carbocycles. The minimum Gasteiger partial charge on any atom is -0.368 e. The Labute approximate surface area is 92.8 Å². The Hall–Kier alpha value is 0.260. The van der Waals surface area contributed by atoms with Gasteiger partial charge in [-0.3, -0.25) is 9.13 Å². The van der Waals surface area contributed by atoms with Gasteiger partial charge in [0.15, 0.2) is 0 Å². The van der Waals surface area contributed by atoms with Crippen molar-refractivity contribution in [2.45, 2.75) is 37.7 Å². The first kappa shape index (κ1) is 14.3. The average Bonchev–Trinajstić information content (AvgIpc) is 1.97. The second-order valence-electron chi connectivity index (χ2n) is 4.70. The first-order valence-corrected chi connectivity index (χ1v) is 7.97. The lowest BCUT2D eigenvalue weighted by molar-refractivity contribution is 0.0411. The molecule has 9 heteroatoms. The molecule has 0 aromatic heterocycles. The van der Waals surface area contributed by atoms with E-state index in [1.165, 1.54) is 0 Å². The number of hydrogen-bond donors (Lipinski definition) is 5. The molecule has 1 aliphatic carbocycles. The Morgan fingerprint density at radius 3 is 1.69 bits per heavy atom. The molecule has 7 nitrogen and oxygen atoms in total. The Morgan fingerprint density at radius 2 is 1.50 bits per heavy atom. The topological polar surface area (TPSA) is 135 Å². The van der Waals surface area contributed by atoms with E-state index in [1.54, 1.807) is 6.92 Å². The molecule has 0 aromatic carbocycles. The summed E-state index contributed by atoms with van der Waals surface area (Å²) in [6, 6.07) is 0. The van der Waals surface area contributed by atoms with Crippen molar-refractivity contribution in [1.82, 2.24) is 0 Å². The van der Waals surface area contributed by atoms with Gasteiger partial charge < -0.3 is 24.7 Å². The summed E-state index contributed by atoms with van der Waals surface area (Å²) in [5.74, 6) is 0. The smallest absolute Gasteiger partial charge is 0.368 e. The van der Waals surface area contributed by atoms with Gasteiger partial charge in [-0.2, -0.15) is 0 Å². The molecule has 16 heavy (non-hydrogen) atoms. The molecule has 1 rings (SSSR count). The molecular formula is C7H16O7P2. The molecule has 0 unspecified atom stereocenters. The van der Waals surface area contributed by atoms with E-state index in [4.69, 9.17) is 19.6 Å². The Morgan fingerprint density at radius 1 is 1.12 bits per heavy atom. The highest BCUT2D eigenvalue weighted by Crippen LogP contribution is 2.71. The van der Waals surface area contributed by atoms with E-state index in [9.17, 15) is 14.2 Å². The van der Waals surface area contributed by atoms with Gasteiger partial charge in [0.05, 0.1) is 0 Å². The van der Waals surface area contributed by atoms with Crippen LogP contribution in [0.1, 0.15) is 32.6 Å². The zero-order valence-electron chi connectivity index (χ0n) is 8.78. The van der Waals surface area contributed by atoms with Crippen LogP contribution in [0.4, 0.5) is 0 Å². The van der Waals surface area contributed by atoms with Crippen LogP contribution in [0.15, 0.2) is 0 Å². The van der Waals surface area contributed by atoms with Crippen molar-refractivity contribution in [3.63, 3.8) is 0 Å². The summed E-state index contributed by atoms with van der Waals surface area (Å²) in [5, 5.41) is 6.40. The van der Waals surface area contributed by atoms with Gasteiger partial charge in [0.25, 0.3) is 5.08 Å². The molecule has 1 fully saturated rings. The molecule has 0 radical (unpaired) electrons. The third-order valence-corrected chi connectivity index (χ3v) is 6.90. The third kappa shape index (κ3) is 2.41. The lowest BCUT2D eigenvalue weighted by Crippen LogP contribution is -2.39. The third-order valence-electron chi connectivity index (χ3n) is 3.16. The maximum Gasteiger partial charge on any atom is 0.369 e. The summed E-state index contributed by atoms with van der Waals surface area (Å²) >= 11 is 0. The van der Waals surface area contributed by atoms with E-state index in [-0.39, 0.29) is 0 Å². The Kier molecular flexibility index (Phi) is 3.48. The van der Waals surface area contributed by atoms with Gasteiger partial charge in [-0.1, -0.05) is 13.3 Å². The van der Waals surface area contributed by atoms with Crippen molar-refractivity contribution in [3.8, 4) is 0 Å². The summed E-state index contributed by atoms with van der Waals surface area (Å²) < 4.78 is 22.1. The number of hydrogen-bond acceptors (Lipinski definition) is 3. The standard InChI is InChI=1S/C7H16O7P2/c1-6(3-2-4-6)5-7(8,15(9,10)11)16(12,13)14/h8H,2-5H2,1H3,(H2,9,10,11)(H2,12,13,14). The number of aliphatic hydroxyl groups is 1. The SMILES string of the molecule is CC1(CC(O)(P(=O)(O)O)P(=O)(O)O)CCC1. The van der Waals surface area contributed by atoms with Gasteiger partial charge in [-0.25, -0.2) is 0 Å². The van der Waals surface area contributed by atoms with Crippen LogP contribution < -0.4 is 0 Å². The molecule has 0 saturated heterocycles. The summed E-state index contributed by atoms with van der Waals surface area (Å²) in [7, 11) is -10.6. The average molecular weight is 274 g/mol. The van der Waals surface area contributed by atoms with E-state index in [1.807, 2.05) is 0 Å². The molecule has 0 atom stereocenters. The fourth-order valence-corrected chi connectivity index (χ4v) is 4.44. The predicted molar refractivity (Wildman–Crippen MR) is 55.6 cm³/mol. The van der Waals surface area contributed by atoms with Gasteiger partial charge in [-0.05, 0) is 18.3 Å². The molecular weight excluding hydrogens is 258 g/mol. The van der Waals surface area contributed by atoms with Crippen molar-refractivity contribution in [2.24, 2.45) is 5.41 Å². The van der Waals surface area contributed by atoms with E-state index in [0.29, 0.717) is 12.8 Å². The first-order valence-electron chi connectivity index (χ1n) is 4.75.